The summed E-state index contributed by atoms with van der Waals surface area (Å²) in [5, 5.41) is 9.27. The number of H-pyrrole nitrogens is 1. The van der Waals surface area contributed by atoms with Crippen LogP contribution < -0.4 is 0 Å². The van der Waals surface area contributed by atoms with Gasteiger partial charge in [0.2, 0.25) is 0 Å². The Morgan fingerprint density at radius 1 is 1.62 bits per heavy atom. The number of hydrogen-bond donors (Lipinski definition) is 2. The van der Waals surface area contributed by atoms with Crippen LogP contribution in [0.5, 0.6) is 0 Å². The predicted molar refractivity (Wildman–Crippen MR) is 60.3 cm³/mol. The zero-order valence-corrected chi connectivity index (χ0v) is 9.79. The Kier molecular flexibility index (Phi) is 2.74. The first-order valence-electron chi connectivity index (χ1n) is 5.82. The summed E-state index contributed by atoms with van der Waals surface area (Å²) in [6, 6.07) is 0. The van der Waals surface area contributed by atoms with E-state index in [2.05, 4.69) is 23.8 Å². The van der Waals surface area contributed by atoms with Crippen LogP contribution in [0.25, 0.3) is 0 Å². The van der Waals surface area contributed by atoms with E-state index in [0.29, 0.717) is 24.6 Å². The van der Waals surface area contributed by atoms with Crippen molar-refractivity contribution in [1.29, 1.82) is 0 Å². The van der Waals surface area contributed by atoms with Crippen LogP contribution in [0.2, 0.25) is 0 Å². The van der Waals surface area contributed by atoms with Gasteiger partial charge in [-0.3, -0.25) is 4.79 Å². The number of aromatic amines is 1. The topological polar surface area (TPSA) is 66.0 Å². The normalized spacial score (nSPS) is 18.4. The number of hydrogen-bond acceptors (Lipinski definition) is 2. The maximum Gasteiger partial charge on any atom is 0.317 e. The van der Waals surface area contributed by atoms with Crippen LogP contribution in [0, 0.1) is 5.92 Å². The number of nitrogens with one attached hydrogen (secondary N) is 1. The molecule has 0 amide bonds. The Labute approximate surface area is 95.1 Å². The molecule has 1 aliphatic carbocycles. The van der Waals surface area contributed by atoms with Crippen LogP contribution in [-0.4, -0.2) is 21.0 Å². The lowest BCUT2D eigenvalue weighted by atomic mass is 9.68. The summed E-state index contributed by atoms with van der Waals surface area (Å²) in [5.74, 6) is 0.446. The smallest absolute Gasteiger partial charge is 0.317 e. The van der Waals surface area contributed by atoms with Crippen molar-refractivity contribution < 1.29 is 9.90 Å². The number of carbonyl (C=O) groups is 1. The highest BCUT2D eigenvalue weighted by molar-refractivity contribution is 5.81. The molecule has 0 radical (unpaired) electrons. The molecule has 0 aromatic carbocycles. The standard InChI is InChI=1S/C12H18N2O2/c1-8(2)6-9-7-13-10(14-9)12(11(15)16)4-3-5-12/h7-8H,3-6H2,1-2H3,(H,13,14)(H,15,16). The Balaban J connectivity index is 2.20. The molecular formula is C12H18N2O2. The molecule has 0 aliphatic heterocycles. The first kappa shape index (κ1) is 11.2. The van der Waals surface area contributed by atoms with Crippen molar-refractivity contribution in [3.8, 4) is 0 Å². The highest BCUT2D eigenvalue weighted by Gasteiger charge is 2.48. The second-order valence-corrected chi connectivity index (χ2v) is 5.10. The van der Waals surface area contributed by atoms with Gasteiger partial charge in [0.05, 0.1) is 0 Å². The number of aromatic nitrogens is 2. The number of rotatable bonds is 4. The SMILES string of the molecule is CC(C)Cc1cnc(C2(C(=O)O)CCC2)[nH]1. The number of nitrogens with zero attached hydrogens (tertiary/aromatic N) is 1. The van der Waals surface area contributed by atoms with E-state index in [1.165, 1.54) is 0 Å². The zero-order chi connectivity index (χ0) is 11.8. The van der Waals surface area contributed by atoms with Gasteiger partial charge in [0, 0.05) is 11.9 Å². The highest BCUT2D eigenvalue weighted by atomic mass is 16.4. The van der Waals surface area contributed by atoms with Gasteiger partial charge in [0.25, 0.3) is 0 Å². The summed E-state index contributed by atoms with van der Waals surface area (Å²) in [6.07, 6.45) is 5.08. The van der Waals surface area contributed by atoms with Gasteiger partial charge in [-0.2, -0.15) is 0 Å². The molecule has 0 unspecified atom stereocenters. The minimum atomic E-state index is -0.746. The van der Waals surface area contributed by atoms with Gasteiger partial charge in [0.15, 0.2) is 0 Å². The van der Waals surface area contributed by atoms with Crippen molar-refractivity contribution in [2.24, 2.45) is 5.92 Å². The summed E-state index contributed by atoms with van der Waals surface area (Å²) in [7, 11) is 0. The molecule has 88 valence electrons. The molecule has 1 aliphatic rings. The molecular weight excluding hydrogens is 204 g/mol. The summed E-state index contributed by atoms with van der Waals surface area (Å²) in [5.41, 5.74) is 0.312. The second-order valence-electron chi connectivity index (χ2n) is 5.10. The molecule has 2 rings (SSSR count). The molecule has 0 spiro atoms. The lowest BCUT2D eigenvalue weighted by Crippen LogP contribution is -2.43. The third-order valence-electron chi connectivity index (χ3n) is 3.33. The molecule has 0 bridgehead atoms. The highest BCUT2D eigenvalue weighted by Crippen LogP contribution is 2.42. The van der Waals surface area contributed by atoms with Crippen molar-refractivity contribution in [3.05, 3.63) is 17.7 Å². The molecule has 0 atom stereocenters. The van der Waals surface area contributed by atoms with Gasteiger partial charge in [-0.05, 0) is 25.2 Å². The number of carboxylic acid groups (broad SMARTS) is 1. The van der Waals surface area contributed by atoms with Crippen molar-refractivity contribution >= 4 is 5.97 Å². The van der Waals surface area contributed by atoms with Crippen LogP contribution in [0.4, 0.5) is 0 Å². The fourth-order valence-electron chi connectivity index (χ4n) is 2.23. The predicted octanol–water partition coefficient (Wildman–Crippen LogP) is 2.11. The fraction of sp³-hybridized carbons (Fsp3) is 0.667. The first-order chi connectivity index (χ1) is 7.54. The van der Waals surface area contributed by atoms with Gasteiger partial charge in [-0.1, -0.05) is 20.3 Å². The Morgan fingerprint density at radius 2 is 2.31 bits per heavy atom. The van der Waals surface area contributed by atoms with Crippen molar-refractivity contribution in [2.45, 2.75) is 44.9 Å². The monoisotopic (exact) mass is 222 g/mol. The maximum absolute atomic E-state index is 11.3. The third-order valence-corrected chi connectivity index (χ3v) is 3.33. The van der Waals surface area contributed by atoms with E-state index in [4.69, 9.17) is 0 Å². The van der Waals surface area contributed by atoms with E-state index in [1.807, 2.05) is 0 Å². The van der Waals surface area contributed by atoms with E-state index in [1.54, 1.807) is 6.20 Å². The minimum absolute atomic E-state index is 0.551. The van der Waals surface area contributed by atoms with E-state index < -0.39 is 11.4 Å². The van der Waals surface area contributed by atoms with E-state index >= 15 is 0 Å². The van der Waals surface area contributed by atoms with Crippen LogP contribution in [0.3, 0.4) is 0 Å². The van der Waals surface area contributed by atoms with Crippen LogP contribution in [0.1, 0.15) is 44.6 Å². The first-order valence-corrected chi connectivity index (χ1v) is 5.82. The molecule has 1 aromatic rings. The summed E-state index contributed by atoms with van der Waals surface area (Å²) in [4.78, 5) is 18.7. The molecule has 1 saturated carbocycles. The average Bonchev–Trinajstić information content (AvgIpc) is 2.49. The van der Waals surface area contributed by atoms with Crippen LogP contribution in [-0.2, 0) is 16.6 Å². The number of aliphatic carboxylic acids is 1. The van der Waals surface area contributed by atoms with Crippen LogP contribution in [0.15, 0.2) is 6.20 Å². The van der Waals surface area contributed by atoms with E-state index in [-0.39, 0.29) is 0 Å². The van der Waals surface area contributed by atoms with Crippen molar-refractivity contribution in [1.82, 2.24) is 9.97 Å². The molecule has 4 heteroatoms. The van der Waals surface area contributed by atoms with Gasteiger partial charge < -0.3 is 10.1 Å². The number of carboxylic acids is 1. The molecule has 1 fully saturated rings. The molecule has 16 heavy (non-hydrogen) atoms. The van der Waals surface area contributed by atoms with Gasteiger partial charge in [-0.15, -0.1) is 0 Å². The lowest BCUT2D eigenvalue weighted by Gasteiger charge is -2.35. The summed E-state index contributed by atoms with van der Waals surface area (Å²) < 4.78 is 0. The number of imidazole rings is 1. The molecule has 0 saturated heterocycles. The van der Waals surface area contributed by atoms with Crippen molar-refractivity contribution in [2.75, 3.05) is 0 Å². The largest absolute Gasteiger partial charge is 0.480 e. The molecule has 1 aromatic heterocycles. The summed E-state index contributed by atoms with van der Waals surface area (Å²) >= 11 is 0. The lowest BCUT2D eigenvalue weighted by molar-refractivity contribution is -0.147. The molecule has 2 N–H and O–H groups in total. The van der Waals surface area contributed by atoms with E-state index in [0.717, 1.165) is 18.5 Å². The van der Waals surface area contributed by atoms with Crippen molar-refractivity contribution in [3.63, 3.8) is 0 Å². The Bertz CT molecular complexity index is 391. The molecule has 1 heterocycles. The Morgan fingerprint density at radius 3 is 2.75 bits per heavy atom. The molecule has 4 nitrogen and oxygen atoms in total. The Hall–Kier alpha value is -1.32. The summed E-state index contributed by atoms with van der Waals surface area (Å²) in [6.45, 7) is 4.27. The minimum Gasteiger partial charge on any atom is -0.480 e. The van der Waals surface area contributed by atoms with Gasteiger partial charge in [-0.25, -0.2) is 4.98 Å². The third kappa shape index (κ3) is 1.72. The fourth-order valence-corrected chi connectivity index (χ4v) is 2.23. The second kappa shape index (κ2) is 3.92. The quantitative estimate of drug-likeness (QED) is 0.820. The van der Waals surface area contributed by atoms with Gasteiger partial charge in [0.1, 0.15) is 11.2 Å². The van der Waals surface area contributed by atoms with E-state index in [9.17, 15) is 9.90 Å². The maximum atomic E-state index is 11.3. The van der Waals surface area contributed by atoms with Crippen LogP contribution >= 0.6 is 0 Å². The average molecular weight is 222 g/mol. The van der Waals surface area contributed by atoms with Gasteiger partial charge >= 0.3 is 5.97 Å². The zero-order valence-electron chi connectivity index (χ0n) is 9.79.